The molecule has 118 heavy (non-hydrogen) atoms. The number of aliphatic carboxylic acids is 2. The highest BCUT2D eigenvalue weighted by molar-refractivity contribution is 6.01. The number of ether oxygens (including phenoxy) is 1. The molecule has 0 bridgehead atoms. The first-order chi connectivity index (χ1) is 55.8. The van der Waals surface area contributed by atoms with Crippen LogP contribution in [0.5, 0.6) is 5.75 Å². The number of rotatable bonds is 42. The third-order valence-corrected chi connectivity index (χ3v) is 19.9. The van der Waals surface area contributed by atoms with Crippen LogP contribution in [0, 0.1) is 18.6 Å². The van der Waals surface area contributed by atoms with Crippen molar-refractivity contribution in [2.24, 2.45) is 5.73 Å². The van der Waals surface area contributed by atoms with Crippen molar-refractivity contribution in [2.45, 2.75) is 190 Å². The van der Waals surface area contributed by atoms with Gasteiger partial charge in [0.05, 0.1) is 56.6 Å². The lowest BCUT2D eigenvalue weighted by atomic mass is 9.89. The third kappa shape index (κ3) is 25.2. The fourth-order valence-electron chi connectivity index (χ4n) is 13.1. The number of benzene rings is 4. The summed E-state index contributed by atoms with van der Waals surface area (Å²) in [7, 11) is 1.53. The summed E-state index contributed by atoms with van der Waals surface area (Å²) in [4.78, 5) is 205. The summed E-state index contributed by atoms with van der Waals surface area (Å²) in [6.45, 7) is 6.72. The second-order valence-electron chi connectivity index (χ2n) is 29.0. The number of carboxylic acid groups (broad SMARTS) is 2. The fraction of sp³-hybridized carbons (Fsp3) is 0.425. The lowest BCUT2D eigenvalue weighted by Gasteiger charge is -2.37. The summed E-state index contributed by atoms with van der Waals surface area (Å²) < 4.78 is 36.6. The molecule has 0 saturated carbocycles. The third-order valence-electron chi connectivity index (χ3n) is 19.9. The molecule has 19 N–H and O–H groups in total. The summed E-state index contributed by atoms with van der Waals surface area (Å²) in [5, 5.41) is 85.2. The van der Waals surface area contributed by atoms with E-state index in [0.29, 0.717) is 34.7 Å². The van der Waals surface area contributed by atoms with E-state index in [0.717, 1.165) is 71.7 Å². The quantitative estimate of drug-likeness (QED) is 0.0213. The van der Waals surface area contributed by atoms with Gasteiger partial charge in [0, 0.05) is 62.2 Å². The van der Waals surface area contributed by atoms with Crippen molar-refractivity contribution >= 4 is 82.8 Å². The van der Waals surface area contributed by atoms with Gasteiger partial charge in [-0.05, 0) is 131 Å². The zero-order valence-electron chi connectivity index (χ0n) is 66.0. The molecule has 7 rings (SSSR count). The zero-order chi connectivity index (χ0) is 87.0. The van der Waals surface area contributed by atoms with Crippen molar-refractivity contribution in [1.29, 1.82) is 0 Å². The van der Waals surface area contributed by atoms with Crippen molar-refractivity contribution in [3.05, 3.63) is 161 Å². The summed E-state index contributed by atoms with van der Waals surface area (Å²) in [5.41, 5.74) is 6.72. The van der Waals surface area contributed by atoms with Crippen LogP contribution < -0.4 is 63.6 Å². The Morgan fingerprint density at radius 1 is 0.653 bits per heavy atom. The number of halogens is 2. The highest BCUT2D eigenvalue weighted by Gasteiger charge is 2.49. The van der Waals surface area contributed by atoms with Gasteiger partial charge in [0.2, 0.25) is 70.9 Å². The highest BCUT2D eigenvalue weighted by Crippen LogP contribution is 2.32. The number of nitrogens with zero attached hydrogens (tertiary/aromatic N) is 3. The van der Waals surface area contributed by atoms with E-state index in [4.69, 9.17) is 10.5 Å². The molecule has 38 heteroatoms. The van der Waals surface area contributed by atoms with Gasteiger partial charge in [0.25, 0.3) is 0 Å². The Hall–Kier alpha value is -12.7. The molecule has 13 atom stereocenters. The van der Waals surface area contributed by atoms with E-state index in [1.807, 2.05) is 50.2 Å². The molecule has 1 saturated heterocycles. The first kappa shape index (κ1) is 92.5. The smallest absolute Gasteiger partial charge is 0.305 e. The molecule has 3 heterocycles. The van der Waals surface area contributed by atoms with Crippen molar-refractivity contribution in [2.75, 3.05) is 26.8 Å². The number of nitrogens with one attached hydrogen (secondary N) is 11. The number of aliphatic hydroxyl groups excluding tert-OH is 4. The van der Waals surface area contributed by atoms with Crippen LogP contribution in [0.25, 0.3) is 22.4 Å². The number of aryl methyl sites for hydroxylation is 2. The number of aromatic amines is 1. The maximum absolute atomic E-state index is 15.6. The average Bonchev–Trinajstić information content (AvgIpc) is 1.60. The topological polar surface area (TPSA) is 561 Å². The molecular weight excluding hydrogens is 1540 g/mol. The predicted octanol–water partition coefficient (Wildman–Crippen LogP) is -1.22. The number of carbonyl (C=O) groups is 14. The molecule has 2 unspecified atom stereocenters. The number of aromatic nitrogens is 3. The number of aliphatic hydroxyl groups is 4. The lowest BCUT2D eigenvalue weighted by Crippen LogP contribution is -2.67. The van der Waals surface area contributed by atoms with Crippen LogP contribution in [0.4, 0.5) is 8.78 Å². The first-order valence-electron chi connectivity index (χ1n) is 37.7. The van der Waals surface area contributed by atoms with Gasteiger partial charge < -0.3 is 104 Å². The lowest BCUT2D eigenvalue weighted by molar-refractivity contribution is -0.148. The van der Waals surface area contributed by atoms with Gasteiger partial charge >= 0.3 is 11.9 Å². The molecule has 2 aromatic heterocycles. The predicted molar refractivity (Wildman–Crippen MR) is 417 cm³/mol. The second kappa shape index (κ2) is 42.3. The minimum Gasteiger partial charge on any atom is -0.497 e. The Balaban J connectivity index is 1.06. The van der Waals surface area contributed by atoms with E-state index in [2.05, 4.69) is 68.1 Å². The van der Waals surface area contributed by atoms with Crippen LogP contribution in [-0.2, 0) is 99.2 Å². The van der Waals surface area contributed by atoms with E-state index in [-0.39, 0.29) is 38.6 Å². The molecule has 0 spiro atoms. The number of nitrogens with two attached hydrogens (primary N) is 1. The number of carboxylic acids is 2. The SMILES string of the molecule is CCc1cc(OC)ccc1-c1ccc(C[C@H](NC(=O)[C@H](CC(=O)O)NC(=O)[C@H](CO)NC(=O)[C@@H](NC(=O)C(C)(Cc2c(F)cccc2F)NC(=O)[C@@H](NC(=O)CNC(=O)[C@H](CCC(=O)O)NC(=O)C2(C)CCCN2C(=O)[C@H](Cc2c[nH]cn2)NC(=O)[C@H](C)O)[C@@H](C)O)[C@@H](C)O)C(=O)N[C@@H](Cc2ccc(-c3ccccc3C)nc2)C(N)=O)cc1. The molecule has 1 fully saturated rings. The number of H-pyrrole nitrogens is 1. The zero-order valence-corrected chi connectivity index (χ0v) is 66.0. The average molecular weight is 1640 g/mol. The first-order valence-corrected chi connectivity index (χ1v) is 37.7. The minimum atomic E-state index is -2.70. The summed E-state index contributed by atoms with van der Waals surface area (Å²) >= 11 is 0. The Labute approximate surface area is 676 Å². The second-order valence-corrected chi connectivity index (χ2v) is 29.0. The van der Waals surface area contributed by atoms with E-state index in [1.165, 1.54) is 39.7 Å². The standard InChI is InChI=1S/C80H99F2N15O21/c1-9-47-32-50(118-8)23-24-52(47)48-21-18-45(19-22-48)30-59(71(110)88-58(68(83)107)31-46-20-25-56(85-36-46)51-15-11-10-14-41(51)2)89-72(111)60(34-65(105)106)90-73(112)62(39-98)92-74(113)66(42(3)99)95-77(116)79(6,35-53-54(81)16-12-17-55(53)82)96-75(114)67(43(4)100)94-63(102)38-86-70(109)57(26-27-64(103)104)93-78(117)80(7)28-13-29-97(80)76(115)61(91-69(108)44(5)101)33-49-37-84-40-87-49/h10-12,14-25,32,36-37,40,42-44,57-62,66-67,98-101H,9,13,26-31,33-35,38-39H2,1-8H3,(H2,83,107)(H,84,87)(H,86,109)(H,88,110)(H,89,111)(H,90,112)(H,91,108)(H,92,113)(H,93,117)(H,94,102)(H,95,116)(H,96,114)(H,103,104)(H,105,106)/t42-,43-,44+,57+,58+,59+,60+,61+,62+,66+,67+,79?,80?/m1/s1. The maximum atomic E-state index is 15.6. The molecule has 6 aromatic rings. The van der Waals surface area contributed by atoms with Gasteiger partial charge in [-0.15, -0.1) is 0 Å². The Morgan fingerprint density at radius 3 is 1.85 bits per heavy atom. The van der Waals surface area contributed by atoms with Gasteiger partial charge in [0.15, 0.2) is 0 Å². The number of imidazole rings is 1. The number of pyridine rings is 1. The fourth-order valence-corrected chi connectivity index (χ4v) is 13.1. The molecular formula is C80H99F2N15O21. The Morgan fingerprint density at radius 2 is 1.26 bits per heavy atom. The number of hydrogen-bond donors (Lipinski definition) is 18. The normalized spacial score (nSPS) is 16.4. The van der Waals surface area contributed by atoms with Crippen LogP contribution in [-0.4, -0.2) is 238 Å². The van der Waals surface area contributed by atoms with E-state index in [9.17, 15) is 97.8 Å². The van der Waals surface area contributed by atoms with Gasteiger partial charge in [-0.25, -0.2) is 13.8 Å². The number of carbonyl (C=O) groups excluding carboxylic acids is 12. The van der Waals surface area contributed by atoms with Gasteiger partial charge in [0.1, 0.15) is 82.9 Å². The van der Waals surface area contributed by atoms with E-state index < -0.39 is 217 Å². The van der Waals surface area contributed by atoms with Crippen LogP contribution in [0.1, 0.15) is 107 Å². The number of amides is 12. The summed E-state index contributed by atoms with van der Waals surface area (Å²) in [5.74, 6) is -19.5. The van der Waals surface area contributed by atoms with E-state index in [1.54, 1.807) is 42.5 Å². The van der Waals surface area contributed by atoms with E-state index >= 15 is 8.78 Å². The van der Waals surface area contributed by atoms with Crippen molar-refractivity contribution in [3.8, 4) is 28.1 Å². The van der Waals surface area contributed by atoms with Gasteiger partial charge in [-0.1, -0.05) is 73.7 Å². The van der Waals surface area contributed by atoms with Crippen molar-refractivity contribution < 1.29 is 111 Å². The minimum absolute atomic E-state index is 0.00159. The molecule has 0 radical (unpaired) electrons. The maximum Gasteiger partial charge on any atom is 0.305 e. The molecule has 1 aliphatic rings. The Kier molecular flexibility index (Phi) is 33.1. The van der Waals surface area contributed by atoms with Crippen LogP contribution in [0.3, 0.4) is 0 Å². The number of hydrogen-bond acceptors (Lipinski definition) is 21. The molecule has 36 nitrogen and oxygen atoms in total. The van der Waals surface area contributed by atoms with Crippen LogP contribution >= 0.6 is 0 Å². The van der Waals surface area contributed by atoms with Gasteiger partial charge in [-0.3, -0.25) is 72.1 Å². The monoisotopic (exact) mass is 1640 g/mol. The summed E-state index contributed by atoms with van der Waals surface area (Å²) in [6.07, 6.45) is -4.73. The molecule has 1 aliphatic heterocycles. The van der Waals surface area contributed by atoms with Gasteiger partial charge in [-0.2, -0.15) is 0 Å². The Bertz CT molecular complexity index is 4610. The highest BCUT2D eigenvalue weighted by atomic mass is 19.1. The van der Waals surface area contributed by atoms with Crippen LogP contribution in [0.15, 0.2) is 116 Å². The molecule has 4 aromatic carbocycles. The summed E-state index contributed by atoms with van der Waals surface area (Å²) in [6, 6.07) is 10.8. The van der Waals surface area contributed by atoms with Crippen molar-refractivity contribution in [1.82, 2.24) is 73.0 Å². The molecule has 634 valence electrons. The molecule has 0 aliphatic carbocycles. The molecule has 12 amide bonds. The largest absolute Gasteiger partial charge is 0.497 e. The number of likely N-dealkylation sites (tertiary alicyclic amines) is 1. The number of methoxy groups -OCH3 is 1. The number of primary amides is 1. The van der Waals surface area contributed by atoms with Crippen molar-refractivity contribution in [3.63, 3.8) is 0 Å². The van der Waals surface area contributed by atoms with Crippen LogP contribution in [0.2, 0.25) is 0 Å².